The standard InChI is InChI=1S/C24H19ClFN3O5/c1-11-5-13(6-12(2)20(11)32-16-7-14(8-16)23(30)31)21-28-18-10-27-24(29-22(18)34-21)33-19-4-3-15(25)9-17(19)26/h3-6,9-10,14,16H,7-8H2,1-2H3,(H,30,31). The lowest BCUT2D eigenvalue weighted by atomic mass is 9.82. The minimum atomic E-state index is -0.783. The third kappa shape index (κ3) is 4.26. The van der Waals surface area contributed by atoms with Crippen molar-refractivity contribution in [1.29, 1.82) is 0 Å². The number of halogens is 2. The average Bonchev–Trinajstić information content (AvgIpc) is 3.17. The SMILES string of the molecule is Cc1cc(-c2nc3cnc(Oc4ccc(Cl)cc4F)nc3o2)cc(C)c1OC1CC(C(=O)O)C1. The second-order valence-electron chi connectivity index (χ2n) is 8.22. The molecule has 1 aliphatic rings. The summed E-state index contributed by atoms with van der Waals surface area (Å²) in [5.41, 5.74) is 3.10. The van der Waals surface area contributed by atoms with Gasteiger partial charge in [0.25, 0.3) is 5.71 Å². The fraction of sp³-hybridized carbons (Fsp3) is 0.250. The van der Waals surface area contributed by atoms with E-state index in [0.29, 0.717) is 24.2 Å². The Hall–Kier alpha value is -3.72. The van der Waals surface area contributed by atoms with Gasteiger partial charge in [-0.15, -0.1) is 0 Å². The van der Waals surface area contributed by atoms with E-state index >= 15 is 0 Å². The van der Waals surface area contributed by atoms with Gasteiger partial charge in [-0.25, -0.2) is 14.4 Å². The summed E-state index contributed by atoms with van der Waals surface area (Å²) in [5, 5.41) is 9.30. The summed E-state index contributed by atoms with van der Waals surface area (Å²) in [6.07, 6.45) is 2.34. The number of rotatable bonds is 6. The number of oxazole rings is 1. The highest BCUT2D eigenvalue weighted by Crippen LogP contribution is 2.36. The quantitative estimate of drug-likeness (QED) is 0.370. The lowest BCUT2D eigenvalue weighted by molar-refractivity contribution is -0.147. The highest BCUT2D eigenvalue weighted by atomic mass is 35.5. The Kier molecular flexibility index (Phi) is 5.57. The first kappa shape index (κ1) is 22.1. The lowest BCUT2D eigenvalue weighted by Crippen LogP contribution is -2.38. The molecule has 2 heterocycles. The monoisotopic (exact) mass is 483 g/mol. The van der Waals surface area contributed by atoms with Crippen molar-refractivity contribution in [3.05, 3.63) is 58.5 Å². The van der Waals surface area contributed by atoms with Crippen LogP contribution in [0.25, 0.3) is 22.7 Å². The van der Waals surface area contributed by atoms with E-state index in [9.17, 15) is 9.18 Å². The van der Waals surface area contributed by atoms with Crippen LogP contribution in [0.5, 0.6) is 17.5 Å². The van der Waals surface area contributed by atoms with Gasteiger partial charge in [0.15, 0.2) is 11.6 Å². The van der Waals surface area contributed by atoms with E-state index in [1.54, 1.807) is 0 Å². The van der Waals surface area contributed by atoms with E-state index in [0.717, 1.165) is 28.5 Å². The Labute approximate surface area is 198 Å². The largest absolute Gasteiger partial charge is 0.490 e. The van der Waals surface area contributed by atoms with Gasteiger partial charge in [0.2, 0.25) is 5.89 Å². The number of fused-ring (bicyclic) bond motifs is 1. The van der Waals surface area contributed by atoms with Crippen molar-refractivity contribution in [3.63, 3.8) is 0 Å². The number of ether oxygens (including phenoxy) is 2. The molecule has 10 heteroatoms. The van der Waals surface area contributed by atoms with Crippen molar-refractivity contribution in [2.45, 2.75) is 32.8 Å². The second-order valence-corrected chi connectivity index (χ2v) is 8.66. The molecule has 0 saturated heterocycles. The van der Waals surface area contributed by atoms with Gasteiger partial charge in [-0.1, -0.05) is 11.6 Å². The smallest absolute Gasteiger partial charge is 0.325 e. The van der Waals surface area contributed by atoms with Crippen LogP contribution in [0.2, 0.25) is 5.02 Å². The Morgan fingerprint density at radius 2 is 1.91 bits per heavy atom. The zero-order chi connectivity index (χ0) is 24.0. The van der Waals surface area contributed by atoms with Crippen molar-refractivity contribution < 1.29 is 28.2 Å². The molecule has 34 heavy (non-hydrogen) atoms. The first-order chi connectivity index (χ1) is 16.3. The molecule has 2 aromatic heterocycles. The molecule has 0 unspecified atom stereocenters. The summed E-state index contributed by atoms with van der Waals surface area (Å²) < 4.78 is 31.3. The molecule has 1 fully saturated rings. The van der Waals surface area contributed by atoms with Crippen LogP contribution in [-0.4, -0.2) is 32.1 Å². The van der Waals surface area contributed by atoms with Crippen LogP contribution in [0.4, 0.5) is 4.39 Å². The van der Waals surface area contributed by atoms with Crippen molar-refractivity contribution in [3.8, 4) is 29.0 Å². The number of carboxylic acids is 1. The van der Waals surface area contributed by atoms with Crippen LogP contribution >= 0.6 is 11.6 Å². The van der Waals surface area contributed by atoms with E-state index in [-0.39, 0.29) is 34.5 Å². The molecule has 174 valence electrons. The Balaban J connectivity index is 1.37. The summed E-state index contributed by atoms with van der Waals surface area (Å²) in [6, 6.07) is 7.70. The van der Waals surface area contributed by atoms with Crippen LogP contribution in [0, 0.1) is 25.6 Å². The van der Waals surface area contributed by atoms with Crippen molar-refractivity contribution in [2.24, 2.45) is 5.92 Å². The van der Waals surface area contributed by atoms with Crippen LogP contribution in [0.15, 0.2) is 40.9 Å². The molecular weight excluding hydrogens is 465 g/mol. The van der Waals surface area contributed by atoms with E-state index in [2.05, 4.69) is 15.0 Å². The molecule has 2 aromatic carbocycles. The summed E-state index contributed by atoms with van der Waals surface area (Å²) in [6.45, 7) is 3.82. The molecule has 5 rings (SSSR count). The van der Waals surface area contributed by atoms with Crippen LogP contribution < -0.4 is 9.47 Å². The van der Waals surface area contributed by atoms with Gasteiger partial charge in [0.05, 0.1) is 12.1 Å². The maximum atomic E-state index is 14.0. The molecule has 0 bridgehead atoms. The van der Waals surface area contributed by atoms with Crippen molar-refractivity contribution in [1.82, 2.24) is 15.0 Å². The molecule has 0 amide bonds. The molecular formula is C24H19ClFN3O5. The van der Waals surface area contributed by atoms with Gasteiger partial charge in [0, 0.05) is 10.6 Å². The molecule has 1 aliphatic carbocycles. The fourth-order valence-corrected chi connectivity index (χ4v) is 4.00. The van der Waals surface area contributed by atoms with Crippen molar-refractivity contribution >= 4 is 28.8 Å². The third-order valence-electron chi connectivity index (χ3n) is 5.66. The summed E-state index contributed by atoms with van der Waals surface area (Å²) >= 11 is 5.76. The Morgan fingerprint density at radius 3 is 2.59 bits per heavy atom. The number of nitrogens with zero attached hydrogens (tertiary/aromatic N) is 3. The lowest BCUT2D eigenvalue weighted by Gasteiger charge is -2.33. The van der Waals surface area contributed by atoms with E-state index in [1.807, 2.05) is 26.0 Å². The van der Waals surface area contributed by atoms with E-state index in [1.165, 1.54) is 18.3 Å². The van der Waals surface area contributed by atoms with Gasteiger partial charge in [-0.05, 0) is 68.1 Å². The molecule has 0 atom stereocenters. The summed E-state index contributed by atoms with van der Waals surface area (Å²) in [5.74, 6) is -0.749. The minimum absolute atomic E-state index is 0.0635. The number of hydrogen-bond acceptors (Lipinski definition) is 7. The minimum Gasteiger partial charge on any atom is -0.490 e. The van der Waals surface area contributed by atoms with Crippen molar-refractivity contribution in [2.75, 3.05) is 0 Å². The number of carbonyl (C=O) groups is 1. The van der Waals surface area contributed by atoms with Crippen LogP contribution in [0.1, 0.15) is 24.0 Å². The third-order valence-corrected chi connectivity index (χ3v) is 5.90. The molecule has 8 nitrogen and oxygen atoms in total. The zero-order valence-corrected chi connectivity index (χ0v) is 19.0. The Morgan fingerprint density at radius 1 is 1.18 bits per heavy atom. The first-order valence-electron chi connectivity index (χ1n) is 10.5. The summed E-state index contributed by atoms with van der Waals surface area (Å²) in [4.78, 5) is 23.7. The van der Waals surface area contributed by atoms with Gasteiger partial charge >= 0.3 is 12.0 Å². The zero-order valence-electron chi connectivity index (χ0n) is 18.2. The number of aryl methyl sites for hydroxylation is 2. The molecule has 4 aromatic rings. The molecule has 0 radical (unpaired) electrons. The maximum Gasteiger partial charge on any atom is 0.325 e. The first-order valence-corrected chi connectivity index (χ1v) is 10.9. The average molecular weight is 484 g/mol. The fourth-order valence-electron chi connectivity index (χ4n) is 3.84. The number of hydrogen-bond donors (Lipinski definition) is 1. The number of aliphatic carboxylic acids is 1. The van der Waals surface area contributed by atoms with E-state index < -0.39 is 11.8 Å². The highest BCUT2D eigenvalue weighted by molar-refractivity contribution is 6.30. The molecule has 0 spiro atoms. The van der Waals surface area contributed by atoms with Gasteiger partial charge in [-0.2, -0.15) is 4.98 Å². The topological polar surface area (TPSA) is 108 Å². The predicted molar refractivity (Wildman–Crippen MR) is 121 cm³/mol. The highest BCUT2D eigenvalue weighted by Gasteiger charge is 2.36. The van der Waals surface area contributed by atoms with Gasteiger partial charge in [0.1, 0.15) is 17.4 Å². The van der Waals surface area contributed by atoms with Crippen LogP contribution in [-0.2, 0) is 4.79 Å². The molecule has 0 aliphatic heterocycles. The van der Waals surface area contributed by atoms with Gasteiger partial charge in [-0.3, -0.25) is 4.79 Å². The van der Waals surface area contributed by atoms with E-state index in [4.69, 9.17) is 30.6 Å². The molecule has 1 N–H and O–H groups in total. The Bertz CT molecular complexity index is 1390. The summed E-state index contributed by atoms with van der Waals surface area (Å²) in [7, 11) is 0. The predicted octanol–water partition coefficient (Wildman–Crippen LogP) is 5.73. The normalized spacial score (nSPS) is 17.4. The van der Waals surface area contributed by atoms with Gasteiger partial charge < -0.3 is 19.0 Å². The molecule has 1 saturated carbocycles. The van der Waals surface area contributed by atoms with Crippen LogP contribution in [0.3, 0.4) is 0 Å². The maximum absolute atomic E-state index is 14.0. The number of benzene rings is 2. The number of carboxylic acid groups (broad SMARTS) is 1. The second kappa shape index (κ2) is 8.57. The number of aromatic nitrogens is 3.